The molecule has 0 aliphatic heterocycles. The first-order valence-corrected chi connectivity index (χ1v) is 7.06. The minimum absolute atomic E-state index is 0.267. The minimum atomic E-state index is -0.267. The van der Waals surface area contributed by atoms with Crippen LogP contribution >= 0.6 is 0 Å². The number of rotatable bonds is 8. The molecule has 6 nitrogen and oxygen atoms in total. The predicted octanol–water partition coefficient (Wildman–Crippen LogP) is 2.56. The van der Waals surface area contributed by atoms with Crippen molar-refractivity contribution in [2.75, 3.05) is 20.3 Å². The Balaban J connectivity index is 2.06. The van der Waals surface area contributed by atoms with Crippen LogP contribution in [0, 0.1) is 0 Å². The smallest absolute Gasteiger partial charge is 0.243 e. The van der Waals surface area contributed by atoms with Crippen molar-refractivity contribution in [2.24, 2.45) is 5.73 Å². The van der Waals surface area contributed by atoms with Gasteiger partial charge in [0.1, 0.15) is 5.75 Å². The first-order chi connectivity index (χ1) is 10.2. The number of nitrogens with zero attached hydrogens (tertiary/aromatic N) is 2. The zero-order chi connectivity index (χ0) is 15.1. The van der Waals surface area contributed by atoms with Crippen LogP contribution in [0.25, 0.3) is 11.4 Å². The lowest BCUT2D eigenvalue weighted by atomic mass is 10.1. The summed E-state index contributed by atoms with van der Waals surface area (Å²) in [5.74, 6) is 1.75. The van der Waals surface area contributed by atoms with Gasteiger partial charge >= 0.3 is 0 Å². The highest BCUT2D eigenvalue weighted by molar-refractivity contribution is 5.56. The van der Waals surface area contributed by atoms with Crippen LogP contribution in [0.5, 0.6) is 5.75 Å². The summed E-state index contributed by atoms with van der Waals surface area (Å²) in [5.41, 5.74) is 6.88. The van der Waals surface area contributed by atoms with Gasteiger partial charge in [-0.1, -0.05) is 17.3 Å². The van der Waals surface area contributed by atoms with E-state index in [0.29, 0.717) is 24.9 Å². The van der Waals surface area contributed by atoms with Gasteiger partial charge in [-0.15, -0.1) is 0 Å². The number of nitrogens with two attached hydrogens (primary N) is 1. The fourth-order valence-electron chi connectivity index (χ4n) is 1.97. The lowest BCUT2D eigenvalue weighted by Gasteiger charge is -2.05. The second-order valence-electron chi connectivity index (χ2n) is 4.66. The Hall–Kier alpha value is -1.92. The zero-order valence-corrected chi connectivity index (χ0v) is 12.4. The van der Waals surface area contributed by atoms with E-state index in [9.17, 15) is 0 Å². The van der Waals surface area contributed by atoms with E-state index in [1.54, 1.807) is 7.11 Å². The molecule has 0 radical (unpaired) electrons. The molecule has 1 aromatic carbocycles. The summed E-state index contributed by atoms with van der Waals surface area (Å²) < 4.78 is 15.7. The van der Waals surface area contributed by atoms with Crippen molar-refractivity contribution in [1.29, 1.82) is 0 Å². The SMILES string of the molecule is CCOc1cccc(-c2noc(C(N)CCCOC)n2)c1. The molecular formula is C15H21N3O3. The molecule has 6 heteroatoms. The van der Waals surface area contributed by atoms with Crippen LogP contribution in [0.1, 0.15) is 31.7 Å². The molecule has 2 rings (SSSR count). The molecule has 0 saturated heterocycles. The third kappa shape index (κ3) is 4.27. The number of hydrogen-bond donors (Lipinski definition) is 1. The van der Waals surface area contributed by atoms with Gasteiger partial charge in [0.05, 0.1) is 12.6 Å². The second kappa shape index (κ2) is 7.75. The van der Waals surface area contributed by atoms with Gasteiger partial charge in [-0.2, -0.15) is 4.98 Å². The fraction of sp³-hybridized carbons (Fsp3) is 0.467. The third-order valence-electron chi connectivity index (χ3n) is 3.03. The van der Waals surface area contributed by atoms with Gasteiger partial charge in [0.25, 0.3) is 0 Å². The van der Waals surface area contributed by atoms with Crippen LogP contribution in [0.15, 0.2) is 28.8 Å². The molecule has 1 unspecified atom stereocenters. The number of ether oxygens (including phenoxy) is 2. The summed E-state index contributed by atoms with van der Waals surface area (Å²) in [4.78, 5) is 4.36. The Morgan fingerprint density at radius 3 is 3.00 bits per heavy atom. The van der Waals surface area contributed by atoms with Gasteiger partial charge in [-0.3, -0.25) is 0 Å². The van der Waals surface area contributed by atoms with E-state index in [0.717, 1.165) is 24.2 Å². The molecule has 2 aromatic rings. The van der Waals surface area contributed by atoms with Gasteiger partial charge < -0.3 is 19.7 Å². The fourth-order valence-corrected chi connectivity index (χ4v) is 1.97. The molecule has 0 bridgehead atoms. The highest BCUT2D eigenvalue weighted by atomic mass is 16.5. The normalized spacial score (nSPS) is 12.3. The van der Waals surface area contributed by atoms with Gasteiger partial charge in [-0.05, 0) is 31.9 Å². The molecule has 0 saturated carbocycles. The molecule has 0 fully saturated rings. The molecule has 0 aliphatic carbocycles. The molecule has 2 N–H and O–H groups in total. The van der Waals surface area contributed by atoms with Gasteiger partial charge in [0.15, 0.2) is 0 Å². The largest absolute Gasteiger partial charge is 0.494 e. The van der Waals surface area contributed by atoms with E-state index >= 15 is 0 Å². The van der Waals surface area contributed by atoms with Crippen LogP contribution in [-0.2, 0) is 4.74 Å². The van der Waals surface area contributed by atoms with Crippen LogP contribution in [0.3, 0.4) is 0 Å². The molecular weight excluding hydrogens is 270 g/mol. The van der Waals surface area contributed by atoms with Crippen molar-refractivity contribution < 1.29 is 14.0 Å². The molecule has 1 heterocycles. The van der Waals surface area contributed by atoms with Gasteiger partial charge in [-0.25, -0.2) is 0 Å². The summed E-state index contributed by atoms with van der Waals surface area (Å²) in [5, 5.41) is 3.98. The Labute approximate surface area is 124 Å². The van der Waals surface area contributed by atoms with Crippen LogP contribution in [0.4, 0.5) is 0 Å². The van der Waals surface area contributed by atoms with Crippen LogP contribution in [-0.4, -0.2) is 30.5 Å². The maximum atomic E-state index is 6.03. The van der Waals surface area contributed by atoms with Gasteiger partial charge in [0, 0.05) is 19.3 Å². The molecule has 0 aliphatic rings. The molecule has 21 heavy (non-hydrogen) atoms. The van der Waals surface area contributed by atoms with E-state index in [-0.39, 0.29) is 6.04 Å². The minimum Gasteiger partial charge on any atom is -0.494 e. The van der Waals surface area contributed by atoms with E-state index in [1.165, 1.54) is 0 Å². The lowest BCUT2D eigenvalue weighted by molar-refractivity contribution is 0.188. The highest BCUT2D eigenvalue weighted by Gasteiger charge is 2.15. The summed E-state index contributed by atoms with van der Waals surface area (Å²) in [6, 6.07) is 7.32. The Morgan fingerprint density at radius 2 is 2.24 bits per heavy atom. The second-order valence-corrected chi connectivity index (χ2v) is 4.66. The highest BCUT2D eigenvalue weighted by Crippen LogP contribution is 2.23. The standard InChI is InChI=1S/C15H21N3O3/c1-3-20-12-7-4-6-11(10-12)14-17-15(21-18-14)13(16)8-5-9-19-2/h4,6-7,10,13H,3,5,8-9,16H2,1-2H3. The monoisotopic (exact) mass is 291 g/mol. The number of aromatic nitrogens is 2. The topological polar surface area (TPSA) is 83.4 Å². The maximum absolute atomic E-state index is 6.03. The van der Waals surface area contributed by atoms with Crippen molar-refractivity contribution in [1.82, 2.24) is 10.1 Å². The Bertz CT molecular complexity index is 557. The molecule has 1 aromatic heterocycles. The molecule has 1 atom stereocenters. The first-order valence-electron chi connectivity index (χ1n) is 7.06. The Kier molecular flexibility index (Phi) is 5.71. The average Bonchev–Trinajstić information content (AvgIpc) is 2.98. The molecule has 114 valence electrons. The van der Waals surface area contributed by atoms with Crippen molar-refractivity contribution in [3.8, 4) is 17.1 Å². The molecule has 0 spiro atoms. The Morgan fingerprint density at radius 1 is 1.38 bits per heavy atom. The van der Waals surface area contributed by atoms with Crippen molar-refractivity contribution in [3.63, 3.8) is 0 Å². The summed E-state index contributed by atoms with van der Waals surface area (Å²) in [6.45, 7) is 3.23. The van der Waals surface area contributed by atoms with Crippen LogP contribution in [0.2, 0.25) is 0 Å². The lowest BCUT2D eigenvalue weighted by Crippen LogP contribution is -2.11. The van der Waals surface area contributed by atoms with E-state index < -0.39 is 0 Å². The number of methoxy groups -OCH3 is 1. The summed E-state index contributed by atoms with van der Waals surface area (Å²) >= 11 is 0. The van der Waals surface area contributed by atoms with Gasteiger partial charge in [0.2, 0.25) is 11.7 Å². The summed E-state index contributed by atoms with van der Waals surface area (Å²) in [6.07, 6.45) is 1.60. The predicted molar refractivity (Wildman–Crippen MR) is 78.9 cm³/mol. The molecule has 0 amide bonds. The first kappa shape index (κ1) is 15.5. The van der Waals surface area contributed by atoms with Crippen molar-refractivity contribution in [3.05, 3.63) is 30.2 Å². The zero-order valence-electron chi connectivity index (χ0n) is 12.4. The van der Waals surface area contributed by atoms with E-state index in [1.807, 2.05) is 31.2 Å². The quantitative estimate of drug-likeness (QED) is 0.752. The maximum Gasteiger partial charge on any atom is 0.243 e. The van der Waals surface area contributed by atoms with Crippen molar-refractivity contribution >= 4 is 0 Å². The van der Waals surface area contributed by atoms with E-state index in [2.05, 4.69) is 10.1 Å². The number of benzene rings is 1. The average molecular weight is 291 g/mol. The van der Waals surface area contributed by atoms with Crippen LogP contribution < -0.4 is 10.5 Å². The third-order valence-corrected chi connectivity index (χ3v) is 3.03. The number of hydrogen-bond acceptors (Lipinski definition) is 6. The summed E-state index contributed by atoms with van der Waals surface area (Å²) in [7, 11) is 1.67. The van der Waals surface area contributed by atoms with Crippen molar-refractivity contribution in [2.45, 2.75) is 25.8 Å². The van der Waals surface area contributed by atoms with E-state index in [4.69, 9.17) is 19.7 Å².